The molecule has 0 saturated carbocycles. The zero-order chi connectivity index (χ0) is 6.85. The summed E-state index contributed by atoms with van der Waals surface area (Å²) in [6, 6.07) is 0. The Hall–Kier alpha value is -0.500. The SMILES string of the molecule is C=C1OCC[C@H](C)[C@H]1O. The van der Waals surface area contributed by atoms with Crippen molar-refractivity contribution in [2.24, 2.45) is 5.92 Å². The first kappa shape index (κ1) is 6.62. The van der Waals surface area contributed by atoms with Gasteiger partial charge in [0.15, 0.2) is 0 Å². The first-order valence-corrected chi connectivity index (χ1v) is 3.21. The van der Waals surface area contributed by atoms with Gasteiger partial charge in [-0.15, -0.1) is 0 Å². The summed E-state index contributed by atoms with van der Waals surface area (Å²) in [5.74, 6) is 0.833. The van der Waals surface area contributed by atoms with Crippen molar-refractivity contribution in [3.05, 3.63) is 12.3 Å². The largest absolute Gasteiger partial charge is 0.496 e. The van der Waals surface area contributed by atoms with Crippen LogP contribution in [0.5, 0.6) is 0 Å². The highest BCUT2D eigenvalue weighted by molar-refractivity contribution is 4.96. The molecule has 1 fully saturated rings. The van der Waals surface area contributed by atoms with E-state index in [4.69, 9.17) is 4.74 Å². The molecular formula is C7H12O2. The van der Waals surface area contributed by atoms with Crippen LogP contribution in [-0.4, -0.2) is 17.8 Å². The molecule has 0 radical (unpaired) electrons. The van der Waals surface area contributed by atoms with E-state index in [2.05, 4.69) is 6.58 Å². The number of hydrogen-bond acceptors (Lipinski definition) is 2. The molecule has 0 bridgehead atoms. The van der Waals surface area contributed by atoms with Crippen molar-refractivity contribution < 1.29 is 9.84 Å². The molecule has 0 aromatic rings. The predicted octanol–water partition coefficient (Wildman–Crippen LogP) is 0.917. The third-order valence-electron chi connectivity index (χ3n) is 1.73. The Kier molecular flexibility index (Phi) is 1.76. The monoisotopic (exact) mass is 128 g/mol. The van der Waals surface area contributed by atoms with Crippen molar-refractivity contribution in [1.82, 2.24) is 0 Å². The molecule has 0 unspecified atom stereocenters. The van der Waals surface area contributed by atoms with Gasteiger partial charge < -0.3 is 9.84 Å². The molecule has 1 aliphatic heterocycles. The summed E-state index contributed by atoms with van der Waals surface area (Å²) in [4.78, 5) is 0. The number of rotatable bonds is 0. The van der Waals surface area contributed by atoms with Crippen molar-refractivity contribution in [1.29, 1.82) is 0 Å². The fraction of sp³-hybridized carbons (Fsp3) is 0.714. The van der Waals surface area contributed by atoms with Crippen LogP contribution in [0.1, 0.15) is 13.3 Å². The number of hydrogen-bond donors (Lipinski definition) is 1. The van der Waals surface area contributed by atoms with Gasteiger partial charge in [0.1, 0.15) is 11.9 Å². The Labute approximate surface area is 55.1 Å². The summed E-state index contributed by atoms with van der Waals surface area (Å²) < 4.78 is 5.02. The third kappa shape index (κ3) is 1.24. The fourth-order valence-electron chi connectivity index (χ4n) is 0.937. The lowest BCUT2D eigenvalue weighted by molar-refractivity contribution is 0.0188. The Morgan fingerprint density at radius 1 is 1.78 bits per heavy atom. The molecule has 1 aliphatic rings. The smallest absolute Gasteiger partial charge is 0.118 e. The molecule has 1 heterocycles. The van der Waals surface area contributed by atoms with Gasteiger partial charge in [-0.05, 0) is 12.3 Å². The normalized spacial score (nSPS) is 36.0. The third-order valence-corrected chi connectivity index (χ3v) is 1.73. The highest BCUT2D eigenvalue weighted by atomic mass is 16.5. The zero-order valence-electron chi connectivity index (χ0n) is 5.63. The lowest BCUT2D eigenvalue weighted by atomic mass is 9.98. The molecule has 1 rings (SSSR count). The molecule has 0 amide bonds. The first-order valence-electron chi connectivity index (χ1n) is 3.21. The van der Waals surface area contributed by atoms with Crippen LogP contribution < -0.4 is 0 Å². The maximum atomic E-state index is 9.22. The van der Waals surface area contributed by atoms with Gasteiger partial charge in [-0.3, -0.25) is 0 Å². The van der Waals surface area contributed by atoms with Gasteiger partial charge in [-0.2, -0.15) is 0 Å². The van der Waals surface area contributed by atoms with Gasteiger partial charge in [0.2, 0.25) is 0 Å². The van der Waals surface area contributed by atoms with Crippen LogP contribution in [0.15, 0.2) is 12.3 Å². The summed E-state index contributed by atoms with van der Waals surface area (Å²) in [5.41, 5.74) is 0. The zero-order valence-corrected chi connectivity index (χ0v) is 5.63. The number of aliphatic hydroxyl groups is 1. The molecular weight excluding hydrogens is 116 g/mol. The van der Waals surface area contributed by atoms with Gasteiger partial charge in [-0.25, -0.2) is 0 Å². The summed E-state index contributed by atoms with van der Waals surface area (Å²) in [6.45, 7) is 6.28. The minimum atomic E-state index is -0.446. The van der Waals surface area contributed by atoms with E-state index in [-0.39, 0.29) is 0 Å². The molecule has 52 valence electrons. The second kappa shape index (κ2) is 2.40. The summed E-state index contributed by atoms with van der Waals surface area (Å²) in [7, 11) is 0. The molecule has 1 saturated heterocycles. The quantitative estimate of drug-likeness (QED) is 0.525. The maximum absolute atomic E-state index is 9.22. The van der Waals surface area contributed by atoms with Gasteiger partial charge >= 0.3 is 0 Å². The van der Waals surface area contributed by atoms with Gasteiger partial charge in [0.25, 0.3) is 0 Å². The van der Waals surface area contributed by atoms with E-state index in [1.165, 1.54) is 0 Å². The Morgan fingerprint density at radius 3 is 2.89 bits per heavy atom. The lowest BCUT2D eigenvalue weighted by Gasteiger charge is -2.26. The lowest BCUT2D eigenvalue weighted by Crippen LogP contribution is -2.27. The van der Waals surface area contributed by atoms with E-state index < -0.39 is 6.10 Å². The van der Waals surface area contributed by atoms with E-state index in [1.54, 1.807) is 0 Å². The summed E-state index contributed by atoms with van der Waals surface area (Å²) in [6.07, 6.45) is 0.485. The molecule has 9 heavy (non-hydrogen) atoms. The number of aliphatic hydroxyl groups excluding tert-OH is 1. The highest BCUT2D eigenvalue weighted by Gasteiger charge is 2.22. The van der Waals surface area contributed by atoms with Crippen molar-refractivity contribution in [2.45, 2.75) is 19.4 Å². The van der Waals surface area contributed by atoms with Crippen LogP contribution in [0, 0.1) is 5.92 Å². The molecule has 0 aromatic heterocycles. The van der Waals surface area contributed by atoms with Crippen molar-refractivity contribution in [2.75, 3.05) is 6.61 Å². The molecule has 0 aromatic carbocycles. The minimum absolute atomic E-state index is 0.311. The summed E-state index contributed by atoms with van der Waals surface area (Å²) >= 11 is 0. The second-order valence-electron chi connectivity index (χ2n) is 2.53. The van der Waals surface area contributed by atoms with Crippen LogP contribution in [0.2, 0.25) is 0 Å². The van der Waals surface area contributed by atoms with Crippen LogP contribution in [0.3, 0.4) is 0 Å². The predicted molar refractivity (Wildman–Crippen MR) is 34.9 cm³/mol. The van der Waals surface area contributed by atoms with Crippen LogP contribution in [0.25, 0.3) is 0 Å². The number of ether oxygens (including phenoxy) is 1. The van der Waals surface area contributed by atoms with E-state index in [1.807, 2.05) is 6.92 Å². The highest BCUT2D eigenvalue weighted by Crippen LogP contribution is 2.21. The molecule has 1 N–H and O–H groups in total. The Bertz CT molecular complexity index is 120. The second-order valence-corrected chi connectivity index (χ2v) is 2.53. The minimum Gasteiger partial charge on any atom is -0.496 e. The average molecular weight is 128 g/mol. The average Bonchev–Trinajstić information content (AvgIpc) is 1.83. The Morgan fingerprint density at radius 2 is 2.44 bits per heavy atom. The fourth-order valence-corrected chi connectivity index (χ4v) is 0.937. The molecule has 2 heteroatoms. The van der Waals surface area contributed by atoms with Gasteiger partial charge in [0.05, 0.1) is 6.61 Å². The van der Waals surface area contributed by atoms with Crippen molar-refractivity contribution in [3.8, 4) is 0 Å². The topological polar surface area (TPSA) is 29.5 Å². The van der Waals surface area contributed by atoms with Gasteiger partial charge in [0, 0.05) is 0 Å². The van der Waals surface area contributed by atoms with E-state index >= 15 is 0 Å². The summed E-state index contributed by atoms with van der Waals surface area (Å²) in [5, 5.41) is 9.22. The standard InChI is InChI=1S/C7H12O2/c1-5-3-4-9-6(2)7(5)8/h5,7-8H,2-4H2,1H3/t5-,7+/m0/s1. The first-order chi connectivity index (χ1) is 4.22. The van der Waals surface area contributed by atoms with E-state index in [9.17, 15) is 5.11 Å². The molecule has 2 atom stereocenters. The molecule has 2 nitrogen and oxygen atoms in total. The van der Waals surface area contributed by atoms with Crippen molar-refractivity contribution >= 4 is 0 Å². The van der Waals surface area contributed by atoms with Crippen LogP contribution in [0.4, 0.5) is 0 Å². The van der Waals surface area contributed by atoms with Crippen LogP contribution in [-0.2, 0) is 4.74 Å². The molecule has 0 aliphatic carbocycles. The molecule has 0 spiro atoms. The van der Waals surface area contributed by atoms with Crippen LogP contribution >= 0.6 is 0 Å². The maximum Gasteiger partial charge on any atom is 0.118 e. The van der Waals surface area contributed by atoms with Gasteiger partial charge in [-0.1, -0.05) is 13.5 Å². The van der Waals surface area contributed by atoms with E-state index in [0.717, 1.165) is 6.42 Å². The van der Waals surface area contributed by atoms with Crippen molar-refractivity contribution in [3.63, 3.8) is 0 Å². The van der Waals surface area contributed by atoms with E-state index in [0.29, 0.717) is 18.3 Å². The Balaban J connectivity index is 2.51.